The first-order valence-corrected chi connectivity index (χ1v) is 6.45. The SMILES string of the molecule is CCC1NC(c2cnc3n2CCOC3)CNC1=O. The molecule has 6 heteroatoms. The van der Waals surface area contributed by atoms with Gasteiger partial charge in [-0.05, 0) is 6.42 Å². The summed E-state index contributed by atoms with van der Waals surface area (Å²) >= 11 is 0. The van der Waals surface area contributed by atoms with E-state index in [9.17, 15) is 4.79 Å². The summed E-state index contributed by atoms with van der Waals surface area (Å²) in [7, 11) is 0. The predicted molar refractivity (Wildman–Crippen MR) is 64.8 cm³/mol. The van der Waals surface area contributed by atoms with Gasteiger partial charge in [0.05, 0.1) is 30.6 Å². The highest BCUT2D eigenvalue weighted by molar-refractivity contribution is 5.82. The highest BCUT2D eigenvalue weighted by atomic mass is 16.5. The van der Waals surface area contributed by atoms with E-state index in [1.54, 1.807) is 0 Å². The van der Waals surface area contributed by atoms with Crippen LogP contribution in [0.25, 0.3) is 0 Å². The average molecular weight is 250 g/mol. The Morgan fingerprint density at radius 1 is 1.61 bits per heavy atom. The van der Waals surface area contributed by atoms with Crippen LogP contribution in [0, 0.1) is 0 Å². The van der Waals surface area contributed by atoms with Crippen molar-refractivity contribution in [1.29, 1.82) is 0 Å². The third kappa shape index (κ3) is 1.91. The number of nitrogens with one attached hydrogen (secondary N) is 2. The molecule has 2 atom stereocenters. The number of amides is 1. The second-order valence-corrected chi connectivity index (χ2v) is 4.73. The van der Waals surface area contributed by atoms with Crippen molar-refractivity contribution in [1.82, 2.24) is 20.2 Å². The summed E-state index contributed by atoms with van der Waals surface area (Å²) in [4.78, 5) is 16.0. The monoisotopic (exact) mass is 250 g/mol. The lowest BCUT2D eigenvalue weighted by Crippen LogP contribution is -2.54. The van der Waals surface area contributed by atoms with Gasteiger partial charge in [-0.25, -0.2) is 4.98 Å². The molecule has 2 aliphatic heterocycles. The molecule has 1 saturated heterocycles. The van der Waals surface area contributed by atoms with Crippen molar-refractivity contribution in [2.75, 3.05) is 13.2 Å². The zero-order chi connectivity index (χ0) is 12.5. The van der Waals surface area contributed by atoms with E-state index in [-0.39, 0.29) is 18.0 Å². The quantitative estimate of drug-likeness (QED) is 0.772. The van der Waals surface area contributed by atoms with E-state index in [1.807, 2.05) is 13.1 Å². The van der Waals surface area contributed by atoms with E-state index >= 15 is 0 Å². The number of piperazine rings is 1. The molecular weight excluding hydrogens is 232 g/mol. The molecule has 0 aromatic carbocycles. The minimum atomic E-state index is -0.102. The fraction of sp³-hybridized carbons (Fsp3) is 0.667. The second kappa shape index (κ2) is 4.70. The Morgan fingerprint density at radius 3 is 3.33 bits per heavy atom. The highest BCUT2D eigenvalue weighted by Gasteiger charge is 2.30. The van der Waals surface area contributed by atoms with Crippen molar-refractivity contribution in [3.8, 4) is 0 Å². The normalized spacial score (nSPS) is 27.7. The molecule has 2 aliphatic rings. The summed E-state index contributed by atoms with van der Waals surface area (Å²) in [6.07, 6.45) is 2.69. The highest BCUT2D eigenvalue weighted by Crippen LogP contribution is 2.20. The van der Waals surface area contributed by atoms with Gasteiger partial charge in [0.1, 0.15) is 12.4 Å². The van der Waals surface area contributed by atoms with Crippen LogP contribution in [0.1, 0.15) is 30.9 Å². The molecule has 98 valence electrons. The number of carbonyl (C=O) groups excluding carboxylic acids is 1. The standard InChI is InChI=1S/C12H18N4O2/c1-2-8-12(17)14-5-9(15-8)10-6-13-11-7-18-4-3-16(10)11/h6,8-9,15H,2-5,7H2,1H3,(H,14,17). The van der Waals surface area contributed by atoms with Gasteiger partial charge in [0.15, 0.2) is 0 Å². The number of imidazole rings is 1. The Kier molecular flexibility index (Phi) is 3.05. The zero-order valence-corrected chi connectivity index (χ0v) is 10.5. The van der Waals surface area contributed by atoms with Crippen molar-refractivity contribution in [3.63, 3.8) is 0 Å². The molecule has 0 saturated carbocycles. The topological polar surface area (TPSA) is 68.2 Å². The van der Waals surface area contributed by atoms with Crippen LogP contribution in [0.5, 0.6) is 0 Å². The summed E-state index contributed by atoms with van der Waals surface area (Å²) < 4.78 is 7.58. The number of fused-ring (bicyclic) bond motifs is 1. The summed E-state index contributed by atoms with van der Waals surface area (Å²) in [6.45, 7) is 4.79. The first-order valence-electron chi connectivity index (χ1n) is 6.45. The minimum Gasteiger partial charge on any atom is -0.372 e. The third-order valence-electron chi connectivity index (χ3n) is 3.62. The summed E-state index contributed by atoms with van der Waals surface area (Å²) in [5, 5.41) is 6.35. The molecule has 3 rings (SSSR count). The molecule has 0 spiro atoms. The summed E-state index contributed by atoms with van der Waals surface area (Å²) in [5.74, 6) is 1.07. The van der Waals surface area contributed by atoms with Gasteiger partial charge in [-0.2, -0.15) is 0 Å². The molecule has 1 aromatic heterocycles. The molecule has 1 fully saturated rings. The molecule has 18 heavy (non-hydrogen) atoms. The number of rotatable bonds is 2. The van der Waals surface area contributed by atoms with Gasteiger partial charge in [0, 0.05) is 13.1 Å². The molecular formula is C12H18N4O2. The molecule has 0 radical (unpaired) electrons. The number of hydrogen-bond donors (Lipinski definition) is 2. The van der Waals surface area contributed by atoms with Gasteiger partial charge < -0.3 is 14.6 Å². The molecule has 3 heterocycles. The maximum Gasteiger partial charge on any atom is 0.237 e. The van der Waals surface area contributed by atoms with Crippen molar-refractivity contribution >= 4 is 5.91 Å². The first-order chi connectivity index (χ1) is 8.79. The Morgan fingerprint density at radius 2 is 2.50 bits per heavy atom. The Labute approximate surface area is 106 Å². The van der Waals surface area contributed by atoms with E-state index in [4.69, 9.17) is 4.74 Å². The minimum absolute atomic E-state index is 0.0930. The molecule has 6 nitrogen and oxygen atoms in total. The predicted octanol–water partition coefficient (Wildman–Crippen LogP) is -0.0476. The van der Waals surface area contributed by atoms with E-state index in [1.165, 1.54) is 0 Å². The number of aromatic nitrogens is 2. The lowest BCUT2D eigenvalue weighted by atomic mass is 10.1. The Bertz CT molecular complexity index is 457. The van der Waals surface area contributed by atoms with E-state index in [0.29, 0.717) is 13.2 Å². The number of carbonyl (C=O) groups is 1. The number of hydrogen-bond acceptors (Lipinski definition) is 4. The van der Waals surface area contributed by atoms with Crippen LogP contribution in [0.4, 0.5) is 0 Å². The zero-order valence-electron chi connectivity index (χ0n) is 10.5. The first kappa shape index (κ1) is 11.7. The summed E-state index contributed by atoms with van der Waals surface area (Å²) in [6, 6.07) is 0.0433. The van der Waals surface area contributed by atoms with Gasteiger partial charge in [0.25, 0.3) is 0 Å². The van der Waals surface area contributed by atoms with Crippen molar-refractivity contribution in [2.45, 2.75) is 38.6 Å². The van der Waals surface area contributed by atoms with Gasteiger partial charge in [-0.15, -0.1) is 0 Å². The second-order valence-electron chi connectivity index (χ2n) is 4.73. The Balaban J connectivity index is 1.82. The largest absolute Gasteiger partial charge is 0.372 e. The van der Waals surface area contributed by atoms with Crippen LogP contribution in [0.3, 0.4) is 0 Å². The number of nitrogens with zero attached hydrogens (tertiary/aromatic N) is 2. The maximum absolute atomic E-state index is 11.6. The van der Waals surface area contributed by atoms with Gasteiger partial charge in [-0.1, -0.05) is 6.92 Å². The summed E-state index contributed by atoms with van der Waals surface area (Å²) in [5.41, 5.74) is 1.15. The molecule has 2 unspecified atom stereocenters. The van der Waals surface area contributed by atoms with Gasteiger partial charge in [-0.3, -0.25) is 10.1 Å². The third-order valence-corrected chi connectivity index (χ3v) is 3.62. The van der Waals surface area contributed by atoms with E-state index < -0.39 is 0 Å². The molecule has 0 aliphatic carbocycles. The van der Waals surface area contributed by atoms with Gasteiger partial charge >= 0.3 is 0 Å². The van der Waals surface area contributed by atoms with Crippen molar-refractivity contribution < 1.29 is 9.53 Å². The van der Waals surface area contributed by atoms with Crippen LogP contribution in [-0.2, 0) is 22.7 Å². The van der Waals surface area contributed by atoms with Crippen LogP contribution >= 0.6 is 0 Å². The van der Waals surface area contributed by atoms with Crippen LogP contribution < -0.4 is 10.6 Å². The lowest BCUT2D eigenvalue weighted by molar-refractivity contribution is -0.125. The molecule has 1 amide bonds. The maximum atomic E-state index is 11.6. The van der Waals surface area contributed by atoms with Crippen LogP contribution in [0.15, 0.2) is 6.20 Å². The lowest BCUT2D eigenvalue weighted by Gasteiger charge is -2.31. The van der Waals surface area contributed by atoms with Gasteiger partial charge in [0.2, 0.25) is 5.91 Å². The molecule has 0 bridgehead atoms. The average Bonchev–Trinajstić information content (AvgIpc) is 2.83. The van der Waals surface area contributed by atoms with Crippen LogP contribution in [-0.4, -0.2) is 34.7 Å². The van der Waals surface area contributed by atoms with E-state index in [0.717, 1.165) is 31.1 Å². The van der Waals surface area contributed by atoms with Crippen LogP contribution in [0.2, 0.25) is 0 Å². The Hall–Kier alpha value is -1.40. The fourth-order valence-electron chi connectivity index (χ4n) is 2.60. The number of ether oxygens (including phenoxy) is 1. The smallest absolute Gasteiger partial charge is 0.237 e. The fourth-order valence-corrected chi connectivity index (χ4v) is 2.60. The molecule has 2 N–H and O–H groups in total. The molecule has 1 aromatic rings. The van der Waals surface area contributed by atoms with Crippen molar-refractivity contribution in [3.05, 3.63) is 17.7 Å². The van der Waals surface area contributed by atoms with E-state index in [2.05, 4.69) is 20.2 Å². The van der Waals surface area contributed by atoms with Crippen molar-refractivity contribution in [2.24, 2.45) is 0 Å².